The number of nitro groups is 1. The molecule has 1 aliphatic rings. The van der Waals surface area contributed by atoms with Crippen LogP contribution in [0.1, 0.15) is 24.8 Å². The van der Waals surface area contributed by atoms with Crippen molar-refractivity contribution >= 4 is 11.4 Å². The van der Waals surface area contributed by atoms with E-state index in [1.165, 1.54) is 18.2 Å². The molecule has 1 fully saturated rings. The van der Waals surface area contributed by atoms with E-state index in [0.717, 1.165) is 6.42 Å². The average molecular weight is 247 g/mol. The first-order valence-electron chi connectivity index (χ1n) is 5.69. The maximum Gasteiger partial charge on any atom is 0.293 e. The van der Waals surface area contributed by atoms with Crippen LogP contribution < -0.4 is 5.32 Å². The molecule has 0 unspecified atom stereocenters. The third-order valence-corrected chi connectivity index (χ3v) is 3.22. The Morgan fingerprint density at radius 1 is 1.56 bits per heavy atom. The zero-order chi connectivity index (χ0) is 13.2. The van der Waals surface area contributed by atoms with Crippen molar-refractivity contribution in [2.24, 2.45) is 0 Å². The van der Waals surface area contributed by atoms with Crippen LogP contribution in [0.5, 0.6) is 0 Å². The van der Waals surface area contributed by atoms with Gasteiger partial charge in [0.2, 0.25) is 0 Å². The Kier molecular flexibility index (Phi) is 3.17. The summed E-state index contributed by atoms with van der Waals surface area (Å²) in [6, 6.07) is 6.10. The molecule has 1 aromatic carbocycles. The van der Waals surface area contributed by atoms with Crippen LogP contribution in [0.25, 0.3) is 0 Å². The predicted octanol–water partition coefficient (Wildman–Crippen LogP) is 1.79. The maximum absolute atomic E-state index is 10.9. The fraction of sp³-hybridized carbons (Fsp3) is 0.417. The Bertz CT molecular complexity index is 518. The van der Waals surface area contributed by atoms with Crippen LogP contribution in [-0.2, 0) is 0 Å². The van der Waals surface area contributed by atoms with Crippen molar-refractivity contribution in [3.63, 3.8) is 0 Å². The molecule has 0 bridgehead atoms. The summed E-state index contributed by atoms with van der Waals surface area (Å²) in [5, 5.41) is 32.4. The molecule has 1 saturated carbocycles. The van der Waals surface area contributed by atoms with Crippen LogP contribution in [0.2, 0.25) is 0 Å². The van der Waals surface area contributed by atoms with Gasteiger partial charge in [-0.15, -0.1) is 0 Å². The van der Waals surface area contributed by atoms with Gasteiger partial charge in [-0.1, -0.05) is 0 Å². The number of rotatable bonds is 4. The topological polar surface area (TPSA) is 99.2 Å². The first-order chi connectivity index (χ1) is 8.54. The third-order valence-electron chi connectivity index (χ3n) is 3.22. The van der Waals surface area contributed by atoms with Gasteiger partial charge in [-0.05, 0) is 31.4 Å². The van der Waals surface area contributed by atoms with E-state index < -0.39 is 10.5 Å². The van der Waals surface area contributed by atoms with Gasteiger partial charge in [-0.2, -0.15) is 5.26 Å². The highest BCUT2D eigenvalue weighted by molar-refractivity contribution is 5.64. The molecule has 0 spiro atoms. The number of nitriles is 1. The normalized spacial score (nSPS) is 16.4. The number of nitrogens with zero attached hydrogens (tertiary/aromatic N) is 2. The number of hydrogen-bond acceptors (Lipinski definition) is 5. The van der Waals surface area contributed by atoms with Gasteiger partial charge in [-0.3, -0.25) is 10.1 Å². The minimum Gasteiger partial charge on any atom is -0.388 e. The molecule has 0 heterocycles. The summed E-state index contributed by atoms with van der Waals surface area (Å²) in [6.45, 7) is 0.291. The Labute approximate surface area is 104 Å². The summed E-state index contributed by atoms with van der Waals surface area (Å²) in [5.74, 6) is 0. The molecule has 6 nitrogen and oxygen atoms in total. The SMILES string of the molecule is N#Cc1ccc(NCC2(O)CCC2)c([N+](=O)[O-])c1. The number of nitro benzene ring substituents is 1. The van der Waals surface area contributed by atoms with Crippen LogP contribution in [-0.4, -0.2) is 22.2 Å². The van der Waals surface area contributed by atoms with Gasteiger partial charge >= 0.3 is 0 Å². The molecule has 0 aromatic heterocycles. The molecule has 0 saturated heterocycles. The summed E-state index contributed by atoms with van der Waals surface area (Å²) in [4.78, 5) is 10.4. The predicted molar refractivity (Wildman–Crippen MR) is 65.1 cm³/mol. The number of nitrogens with one attached hydrogen (secondary N) is 1. The highest BCUT2D eigenvalue weighted by Crippen LogP contribution is 2.33. The van der Waals surface area contributed by atoms with E-state index in [4.69, 9.17) is 5.26 Å². The van der Waals surface area contributed by atoms with E-state index in [9.17, 15) is 15.2 Å². The van der Waals surface area contributed by atoms with Crippen molar-refractivity contribution < 1.29 is 10.0 Å². The van der Waals surface area contributed by atoms with Crippen molar-refractivity contribution in [1.29, 1.82) is 5.26 Å². The standard InChI is InChI=1S/C12H13N3O3/c13-7-9-2-3-10(11(6-9)15(17)18)14-8-12(16)4-1-5-12/h2-3,6,14,16H,1,4-5,8H2. The first-order valence-corrected chi connectivity index (χ1v) is 5.69. The zero-order valence-electron chi connectivity index (χ0n) is 9.72. The molecule has 1 aromatic rings. The van der Waals surface area contributed by atoms with Crippen molar-refractivity contribution in [1.82, 2.24) is 0 Å². The monoisotopic (exact) mass is 247 g/mol. The van der Waals surface area contributed by atoms with E-state index in [-0.39, 0.29) is 11.3 Å². The summed E-state index contributed by atoms with van der Waals surface area (Å²) >= 11 is 0. The summed E-state index contributed by atoms with van der Waals surface area (Å²) in [5.41, 5.74) is -0.312. The first kappa shape index (κ1) is 12.3. The van der Waals surface area contributed by atoms with Gasteiger partial charge in [0, 0.05) is 12.6 Å². The van der Waals surface area contributed by atoms with Crippen LogP contribution >= 0.6 is 0 Å². The van der Waals surface area contributed by atoms with Gasteiger partial charge in [0.25, 0.3) is 5.69 Å². The minimum atomic E-state index is -0.748. The van der Waals surface area contributed by atoms with Gasteiger partial charge in [0.05, 0.1) is 22.2 Å². The molecule has 0 aliphatic heterocycles. The quantitative estimate of drug-likeness (QED) is 0.624. The van der Waals surface area contributed by atoms with Crippen molar-refractivity contribution in [2.75, 3.05) is 11.9 Å². The Morgan fingerprint density at radius 2 is 2.28 bits per heavy atom. The van der Waals surface area contributed by atoms with Crippen molar-refractivity contribution in [3.05, 3.63) is 33.9 Å². The molecular formula is C12H13N3O3. The maximum atomic E-state index is 10.9. The largest absolute Gasteiger partial charge is 0.388 e. The highest BCUT2D eigenvalue weighted by atomic mass is 16.6. The second-order valence-electron chi connectivity index (χ2n) is 4.53. The smallest absolute Gasteiger partial charge is 0.293 e. The van der Waals surface area contributed by atoms with Gasteiger partial charge in [0.15, 0.2) is 0 Å². The third kappa shape index (κ3) is 2.41. The van der Waals surface area contributed by atoms with Crippen LogP contribution in [0.3, 0.4) is 0 Å². The Morgan fingerprint density at radius 3 is 2.78 bits per heavy atom. The van der Waals surface area contributed by atoms with Crippen LogP contribution in [0.4, 0.5) is 11.4 Å². The molecule has 0 amide bonds. The van der Waals surface area contributed by atoms with Crippen molar-refractivity contribution in [2.45, 2.75) is 24.9 Å². The van der Waals surface area contributed by atoms with E-state index >= 15 is 0 Å². The molecule has 6 heteroatoms. The lowest BCUT2D eigenvalue weighted by Gasteiger charge is -2.36. The van der Waals surface area contributed by atoms with E-state index in [2.05, 4.69) is 5.32 Å². The zero-order valence-corrected chi connectivity index (χ0v) is 9.72. The van der Waals surface area contributed by atoms with Crippen molar-refractivity contribution in [3.8, 4) is 6.07 Å². The lowest BCUT2D eigenvalue weighted by molar-refractivity contribution is -0.384. The highest BCUT2D eigenvalue weighted by Gasteiger charge is 2.34. The van der Waals surface area contributed by atoms with Gasteiger partial charge in [-0.25, -0.2) is 0 Å². The molecule has 1 aliphatic carbocycles. The number of anilines is 1. The summed E-state index contributed by atoms with van der Waals surface area (Å²) < 4.78 is 0. The molecule has 2 N–H and O–H groups in total. The van der Waals surface area contributed by atoms with E-state index in [1.54, 1.807) is 0 Å². The molecule has 0 radical (unpaired) electrons. The number of hydrogen-bond donors (Lipinski definition) is 2. The lowest BCUT2D eigenvalue weighted by Crippen LogP contribution is -2.43. The molecule has 0 atom stereocenters. The van der Waals surface area contributed by atoms with Crippen LogP contribution in [0.15, 0.2) is 18.2 Å². The molecule has 18 heavy (non-hydrogen) atoms. The van der Waals surface area contributed by atoms with Crippen LogP contribution in [0, 0.1) is 21.4 Å². The van der Waals surface area contributed by atoms with Gasteiger partial charge < -0.3 is 10.4 Å². The molecule has 2 rings (SSSR count). The van der Waals surface area contributed by atoms with E-state index in [1.807, 2.05) is 6.07 Å². The minimum absolute atomic E-state index is 0.142. The van der Waals surface area contributed by atoms with E-state index in [0.29, 0.717) is 25.1 Å². The number of benzene rings is 1. The fourth-order valence-corrected chi connectivity index (χ4v) is 1.92. The summed E-state index contributed by atoms with van der Waals surface area (Å²) in [7, 11) is 0. The Balaban J connectivity index is 2.16. The molecular weight excluding hydrogens is 234 g/mol. The van der Waals surface area contributed by atoms with Gasteiger partial charge in [0.1, 0.15) is 5.69 Å². The molecule has 94 valence electrons. The lowest BCUT2D eigenvalue weighted by atomic mass is 9.80. The average Bonchev–Trinajstić information content (AvgIpc) is 2.33. The Hall–Kier alpha value is -2.13. The number of aliphatic hydroxyl groups is 1. The summed E-state index contributed by atoms with van der Waals surface area (Å²) in [6.07, 6.45) is 2.40. The second kappa shape index (κ2) is 4.63. The fourth-order valence-electron chi connectivity index (χ4n) is 1.92. The second-order valence-corrected chi connectivity index (χ2v) is 4.53.